The Morgan fingerprint density at radius 3 is 2.59 bits per heavy atom. The van der Waals surface area contributed by atoms with E-state index in [1.807, 2.05) is 17.0 Å². The van der Waals surface area contributed by atoms with Gasteiger partial charge in [-0.1, -0.05) is 0 Å². The van der Waals surface area contributed by atoms with Crippen LogP contribution in [0.15, 0.2) is 24.3 Å². The van der Waals surface area contributed by atoms with E-state index < -0.39 is 10.0 Å². The summed E-state index contributed by atoms with van der Waals surface area (Å²) in [6, 6.07) is 7.18. The number of nitrogens with zero attached hydrogens (tertiary/aromatic N) is 1. The summed E-state index contributed by atoms with van der Waals surface area (Å²) in [7, 11) is -3.29. The minimum Gasteiger partial charge on any atom is -0.338 e. The molecule has 0 atom stereocenters. The Hall–Kier alpha value is -1.60. The maximum Gasteiger partial charge on any atom is 0.263 e. The van der Waals surface area contributed by atoms with Gasteiger partial charge in [-0.2, -0.15) is 0 Å². The zero-order valence-corrected chi connectivity index (χ0v) is 14.0. The lowest BCUT2D eigenvalue weighted by atomic mass is 10.1. The minimum atomic E-state index is -3.29. The van der Waals surface area contributed by atoms with Crippen molar-refractivity contribution in [2.45, 2.75) is 19.3 Å². The van der Waals surface area contributed by atoms with E-state index in [9.17, 15) is 13.2 Å². The molecular weight excluding hydrogens is 320 g/mol. The number of carbonyl (C=O) groups excluding carboxylic acids is 1. The normalized spacial score (nSPS) is 16.0. The lowest BCUT2D eigenvalue weighted by molar-refractivity contribution is 0.0729. The molecule has 0 unspecified atom stereocenters. The Bertz CT molecular complexity index is 805. The first kappa shape index (κ1) is 15.3. The number of hydrogen-bond acceptors (Lipinski definition) is 4. The van der Waals surface area contributed by atoms with Gasteiger partial charge >= 0.3 is 0 Å². The van der Waals surface area contributed by atoms with Crippen LogP contribution in [0.25, 0.3) is 10.1 Å². The Balaban J connectivity index is 1.87. The smallest absolute Gasteiger partial charge is 0.263 e. The average molecular weight is 338 g/mol. The van der Waals surface area contributed by atoms with Crippen molar-refractivity contribution < 1.29 is 13.2 Å². The summed E-state index contributed by atoms with van der Waals surface area (Å²) in [5.74, 6) is 0.0820. The van der Waals surface area contributed by atoms with Crippen LogP contribution >= 0.6 is 11.3 Å². The molecule has 1 aromatic heterocycles. The fourth-order valence-electron chi connectivity index (χ4n) is 2.68. The first-order valence-corrected chi connectivity index (χ1v) is 9.94. The quantitative estimate of drug-likeness (QED) is 0.936. The fraction of sp³-hybridized carbons (Fsp3) is 0.400. The molecule has 0 radical (unpaired) electrons. The summed E-state index contributed by atoms with van der Waals surface area (Å²) in [5.41, 5.74) is 0.518. The molecule has 1 N–H and O–H groups in total. The van der Waals surface area contributed by atoms with Gasteiger partial charge in [-0.15, -0.1) is 11.3 Å². The summed E-state index contributed by atoms with van der Waals surface area (Å²) in [6.45, 7) is 1.65. The van der Waals surface area contributed by atoms with Crippen LogP contribution in [0, 0.1) is 0 Å². The molecule has 1 aromatic carbocycles. The number of piperidine rings is 1. The Kier molecular flexibility index (Phi) is 4.10. The number of amides is 1. The molecule has 2 aromatic rings. The number of anilines is 1. The maximum atomic E-state index is 12.5. The van der Waals surface area contributed by atoms with Crippen LogP contribution < -0.4 is 4.72 Å². The first-order valence-electron chi connectivity index (χ1n) is 7.23. The van der Waals surface area contributed by atoms with Crippen molar-refractivity contribution in [1.29, 1.82) is 0 Å². The van der Waals surface area contributed by atoms with Gasteiger partial charge in [-0.3, -0.25) is 9.52 Å². The lowest BCUT2D eigenvalue weighted by Gasteiger charge is -2.26. The molecule has 0 spiro atoms. The van der Waals surface area contributed by atoms with Crippen molar-refractivity contribution in [2.75, 3.05) is 24.1 Å². The lowest BCUT2D eigenvalue weighted by Crippen LogP contribution is -2.35. The molecule has 1 aliphatic rings. The van der Waals surface area contributed by atoms with Crippen LogP contribution in [0.5, 0.6) is 0 Å². The Morgan fingerprint density at radius 2 is 1.91 bits per heavy atom. The van der Waals surface area contributed by atoms with E-state index in [4.69, 9.17) is 0 Å². The summed E-state index contributed by atoms with van der Waals surface area (Å²) in [5, 5.41) is 0.888. The van der Waals surface area contributed by atoms with Gasteiger partial charge in [0, 0.05) is 23.5 Å². The van der Waals surface area contributed by atoms with Crippen LogP contribution in [0.3, 0.4) is 0 Å². The van der Waals surface area contributed by atoms with Gasteiger partial charge in [0.2, 0.25) is 10.0 Å². The Morgan fingerprint density at radius 1 is 1.18 bits per heavy atom. The number of likely N-dealkylation sites (tertiary alicyclic amines) is 1. The van der Waals surface area contributed by atoms with Crippen molar-refractivity contribution in [3.05, 3.63) is 29.1 Å². The van der Waals surface area contributed by atoms with Gasteiger partial charge in [0.1, 0.15) is 0 Å². The van der Waals surface area contributed by atoms with Gasteiger partial charge < -0.3 is 4.90 Å². The van der Waals surface area contributed by atoms with E-state index in [0.29, 0.717) is 10.6 Å². The third kappa shape index (κ3) is 3.41. The van der Waals surface area contributed by atoms with Crippen LogP contribution in [0.2, 0.25) is 0 Å². The molecule has 3 rings (SSSR count). The van der Waals surface area contributed by atoms with Gasteiger partial charge in [0.05, 0.1) is 11.1 Å². The van der Waals surface area contributed by atoms with Gasteiger partial charge in [0.15, 0.2) is 0 Å². The largest absolute Gasteiger partial charge is 0.338 e. The zero-order valence-electron chi connectivity index (χ0n) is 12.3. The number of fused-ring (bicyclic) bond motifs is 1. The molecule has 22 heavy (non-hydrogen) atoms. The molecule has 1 fully saturated rings. The minimum absolute atomic E-state index is 0.0820. The highest BCUT2D eigenvalue weighted by atomic mass is 32.2. The fourth-order valence-corrected chi connectivity index (χ4v) is 4.25. The standard InChI is InChI=1S/C15H18N2O3S2/c1-22(19,20)16-12-5-6-13-11(9-12)10-14(21-13)15(18)17-7-3-2-4-8-17/h5-6,9-10,16H,2-4,7-8H2,1H3. The molecule has 1 amide bonds. The van der Waals surface area contributed by atoms with Gasteiger partial charge in [-0.05, 0) is 48.9 Å². The van der Waals surface area contributed by atoms with Crippen LogP contribution in [-0.2, 0) is 10.0 Å². The highest BCUT2D eigenvalue weighted by Gasteiger charge is 2.20. The average Bonchev–Trinajstić information content (AvgIpc) is 2.89. The predicted molar refractivity (Wildman–Crippen MR) is 90.0 cm³/mol. The van der Waals surface area contributed by atoms with Crippen LogP contribution in [0.4, 0.5) is 5.69 Å². The summed E-state index contributed by atoms with van der Waals surface area (Å²) >= 11 is 1.46. The Labute approximate surface area is 134 Å². The molecule has 2 heterocycles. The number of thiophene rings is 1. The highest BCUT2D eigenvalue weighted by Crippen LogP contribution is 2.29. The van der Waals surface area contributed by atoms with E-state index in [1.54, 1.807) is 12.1 Å². The van der Waals surface area contributed by atoms with Crippen LogP contribution in [-0.4, -0.2) is 38.6 Å². The van der Waals surface area contributed by atoms with Crippen molar-refractivity contribution >= 4 is 43.0 Å². The molecule has 0 bridgehead atoms. The molecule has 7 heteroatoms. The molecule has 0 aliphatic carbocycles. The van der Waals surface area contributed by atoms with E-state index in [1.165, 1.54) is 17.8 Å². The van der Waals surface area contributed by atoms with E-state index in [2.05, 4.69) is 4.72 Å². The summed E-state index contributed by atoms with van der Waals surface area (Å²) in [4.78, 5) is 15.1. The van der Waals surface area contributed by atoms with Crippen molar-refractivity contribution in [2.24, 2.45) is 0 Å². The second-order valence-electron chi connectivity index (χ2n) is 5.59. The molecule has 1 aliphatic heterocycles. The number of benzene rings is 1. The van der Waals surface area contributed by atoms with Crippen molar-refractivity contribution in [3.63, 3.8) is 0 Å². The molecule has 5 nitrogen and oxygen atoms in total. The molecule has 1 saturated heterocycles. The number of rotatable bonds is 3. The third-order valence-corrected chi connectivity index (χ3v) is 5.38. The zero-order chi connectivity index (χ0) is 15.7. The predicted octanol–water partition coefficient (Wildman–Crippen LogP) is 2.90. The maximum absolute atomic E-state index is 12.5. The number of nitrogens with one attached hydrogen (secondary N) is 1. The monoisotopic (exact) mass is 338 g/mol. The van der Waals surface area contributed by atoms with E-state index in [0.717, 1.165) is 42.3 Å². The topological polar surface area (TPSA) is 66.5 Å². The number of sulfonamides is 1. The van der Waals surface area contributed by atoms with Gasteiger partial charge in [-0.25, -0.2) is 8.42 Å². The van der Waals surface area contributed by atoms with E-state index in [-0.39, 0.29) is 5.91 Å². The number of carbonyl (C=O) groups is 1. The van der Waals surface area contributed by atoms with Crippen molar-refractivity contribution in [1.82, 2.24) is 4.90 Å². The highest BCUT2D eigenvalue weighted by molar-refractivity contribution is 7.92. The third-order valence-electron chi connectivity index (χ3n) is 3.67. The first-order chi connectivity index (χ1) is 10.4. The number of hydrogen-bond donors (Lipinski definition) is 1. The SMILES string of the molecule is CS(=O)(=O)Nc1ccc2sc(C(=O)N3CCCCC3)cc2c1. The summed E-state index contributed by atoms with van der Waals surface area (Å²) in [6.07, 6.45) is 4.45. The molecule has 118 valence electrons. The van der Waals surface area contributed by atoms with E-state index >= 15 is 0 Å². The van der Waals surface area contributed by atoms with Crippen LogP contribution in [0.1, 0.15) is 28.9 Å². The molecule has 0 saturated carbocycles. The van der Waals surface area contributed by atoms with Crippen molar-refractivity contribution in [3.8, 4) is 0 Å². The van der Waals surface area contributed by atoms with Gasteiger partial charge in [0.25, 0.3) is 5.91 Å². The summed E-state index contributed by atoms with van der Waals surface area (Å²) < 4.78 is 26.0. The second kappa shape index (κ2) is 5.89. The second-order valence-corrected chi connectivity index (χ2v) is 8.42. The molecular formula is C15H18N2O3S2.